The van der Waals surface area contributed by atoms with Crippen molar-refractivity contribution in [3.63, 3.8) is 0 Å². The number of thiophene rings is 1. The summed E-state index contributed by atoms with van der Waals surface area (Å²) in [6, 6.07) is 7.81. The Hall–Kier alpha value is -3.13. The molecule has 0 saturated carbocycles. The van der Waals surface area contributed by atoms with E-state index in [2.05, 4.69) is 5.32 Å². The molecule has 1 amide bonds. The average molecular weight is 400 g/mol. The number of aromatic nitrogens is 1. The maximum atomic E-state index is 12.7. The first-order chi connectivity index (χ1) is 13.4. The summed E-state index contributed by atoms with van der Waals surface area (Å²) in [6.07, 6.45) is 2.04. The van der Waals surface area contributed by atoms with Gasteiger partial charge in [-0.05, 0) is 24.1 Å². The Balaban J connectivity index is 1.91. The molecule has 3 aromatic rings. The van der Waals surface area contributed by atoms with Gasteiger partial charge in [0.1, 0.15) is 9.88 Å². The second kappa shape index (κ2) is 7.85. The zero-order valence-electron chi connectivity index (χ0n) is 16.0. The van der Waals surface area contributed by atoms with Gasteiger partial charge in [0.25, 0.3) is 0 Å². The number of carbonyl (C=O) groups excluding carboxylic acids is 3. The Morgan fingerprint density at radius 2 is 1.79 bits per heavy atom. The van der Waals surface area contributed by atoms with E-state index in [-0.39, 0.29) is 27.8 Å². The molecular formula is C20H20N2O5S. The number of amides is 1. The number of methoxy groups -OCH3 is 2. The molecule has 8 heteroatoms. The average Bonchev–Trinajstić information content (AvgIpc) is 3.17. The van der Waals surface area contributed by atoms with Gasteiger partial charge in [0.05, 0.1) is 26.2 Å². The smallest absolute Gasteiger partial charge is 0.348 e. The fourth-order valence-corrected chi connectivity index (χ4v) is 4.28. The fourth-order valence-electron chi connectivity index (χ4n) is 3.15. The van der Waals surface area contributed by atoms with Crippen molar-refractivity contribution in [3.8, 4) is 0 Å². The van der Waals surface area contributed by atoms with Crippen molar-refractivity contribution < 1.29 is 23.9 Å². The number of aryl methyl sites for hydroxylation is 1. The number of esters is 2. The molecule has 0 aliphatic rings. The van der Waals surface area contributed by atoms with E-state index < -0.39 is 11.9 Å². The van der Waals surface area contributed by atoms with E-state index in [9.17, 15) is 14.4 Å². The Morgan fingerprint density at radius 1 is 1.11 bits per heavy atom. The highest BCUT2D eigenvalue weighted by molar-refractivity contribution is 7.18. The van der Waals surface area contributed by atoms with Crippen molar-refractivity contribution in [3.05, 3.63) is 52.0 Å². The van der Waals surface area contributed by atoms with Crippen molar-refractivity contribution in [1.29, 1.82) is 0 Å². The summed E-state index contributed by atoms with van der Waals surface area (Å²) in [4.78, 5) is 37.1. The van der Waals surface area contributed by atoms with Crippen LogP contribution in [0.5, 0.6) is 0 Å². The first-order valence-corrected chi connectivity index (χ1v) is 9.31. The summed E-state index contributed by atoms with van der Waals surface area (Å²) < 4.78 is 11.5. The molecular weight excluding hydrogens is 380 g/mol. The summed E-state index contributed by atoms with van der Waals surface area (Å²) >= 11 is 0.998. The van der Waals surface area contributed by atoms with Crippen molar-refractivity contribution in [2.75, 3.05) is 19.5 Å². The van der Waals surface area contributed by atoms with E-state index in [0.29, 0.717) is 5.56 Å². The Morgan fingerprint density at radius 3 is 2.46 bits per heavy atom. The van der Waals surface area contributed by atoms with E-state index in [1.807, 2.05) is 42.1 Å². The van der Waals surface area contributed by atoms with E-state index in [1.165, 1.54) is 14.2 Å². The maximum Gasteiger partial charge on any atom is 0.348 e. The van der Waals surface area contributed by atoms with Crippen LogP contribution in [0.1, 0.15) is 31.2 Å². The minimum atomic E-state index is -0.621. The molecule has 28 heavy (non-hydrogen) atoms. The van der Waals surface area contributed by atoms with Crippen molar-refractivity contribution in [1.82, 2.24) is 4.57 Å². The lowest BCUT2D eigenvalue weighted by molar-refractivity contribution is -0.115. The van der Waals surface area contributed by atoms with Gasteiger partial charge in [-0.2, -0.15) is 0 Å². The number of hydrogen-bond donors (Lipinski definition) is 1. The lowest BCUT2D eigenvalue weighted by Gasteiger charge is -2.06. The van der Waals surface area contributed by atoms with E-state index in [0.717, 1.165) is 27.8 Å². The number of nitrogens with one attached hydrogen (secondary N) is 1. The summed E-state index contributed by atoms with van der Waals surface area (Å²) in [7, 11) is 4.43. The van der Waals surface area contributed by atoms with Crippen LogP contribution in [-0.2, 0) is 27.7 Å². The van der Waals surface area contributed by atoms with Crippen LogP contribution in [0, 0.1) is 6.92 Å². The van der Waals surface area contributed by atoms with Gasteiger partial charge in [0.15, 0.2) is 0 Å². The molecule has 0 bridgehead atoms. The number of ether oxygens (including phenoxy) is 2. The third kappa shape index (κ3) is 3.50. The summed E-state index contributed by atoms with van der Waals surface area (Å²) in [5.41, 5.74) is 2.49. The molecule has 0 aliphatic carbocycles. The van der Waals surface area contributed by atoms with Gasteiger partial charge in [-0.25, -0.2) is 9.59 Å². The molecule has 0 saturated heterocycles. The largest absolute Gasteiger partial charge is 0.465 e. The number of benzene rings is 1. The molecule has 0 spiro atoms. The topological polar surface area (TPSA) is 86.6 Å². The van der Waals surface area contributed by atoms with Gasteiger partial charge in [-0.1, -0.05) is 18.2 Å². The molecule has 1 aromatic carbocycles. The molecule has 0 aliphatic heterocycles. The van der Waals surface area contributed by atoms with Gasteiger partial charge in [-0.15, -0.1) is 11.3 Å². The van der Waals surface area contributed by atoms with Crippen LogP contribution in [-0.4, -0.2) is 36.6 Å². The molecule has 2 aromatic heterocycles. The number of hydrogen-bond acceptors (Lipinski definition) is 6. The SMILES string of the molecule is COC(=O)c1sc(NC(=O)Cc2cn(C)c3ccccc23)c(C(=O)OC)c1C. The highest BCUT2D eigenvalue weighted by atomic mass is 32.1. The van der Waals surface area contributed by atoms with Crippen LogP contribution in [0.4, 0.5) is 5.00 Å². The van der Waals surface area contributed by atoms with Crippen molar-refractivity contribution in [2.45, 2.75) is 13.3 Å². The molecule has 3 rings (SSSR count). The maximum absolute atomic E-state index is 12.7. The van der Waals surface area contributed by atoms with Crippen LogP contribution in [0.3, 0.4) is 0 Å². The predicted molar refractivity (Wildman–Crippen MR) is 107 cm³/mol. The number of nitrogens with zero attached hydrogens (tertiary/aromatic N) is 1. The van der Waals surface area contributed by atoms with Crippen molar-refractivity contribution in [2.24, 2.45) is 7.05 Å². The lowest BCUT2D eigenvalue weighted by Crippen LogP contribution is -2.16. The van der Waals surface area contributed by atoms with Gasteiger partial charge >= 0.3 is 11.9 Å². The number of anilines is 1. The predicted octanol–water partition coefficient (Wildman–Crippen LogP) is 3.30. The number of rotatable bonds is 5. The van der Waals surface area contributed by atoms with E-state index in [4.69, 9.17) is 9.47 Å². The molecule has 7 nitrogen and oxygen atoms in total. The molecule has 146 valence electrons. The minimum Gasteiger partial charge on any atom is -0.465 e. The van der Waals surface area contributed by atoms with Gasteiger partial charge in [0.2, 0.25) is 5.91 Å². The monoisotopic (exact) mass is 400 g/mol. The zero-order valence-corrected chi connectivity index (χ0v) is 16.8. The van der Waals surface area contributed by atoms with Crippen LogP contribution in [0.2, 0.25) is 0 Å². The van der Waals surface area contributed by atoms with Gasteiger partial charge in [0, 0.05) is 24.1 Å². The van der Waals surface area contributed by atoms with Crippen LogP contribution in [0.15, 0.2) is 30.5 Å². The lowest BCUT2D eigenvalue weighted by atomic mass is 10.1. The molecule has 1 N–H and O–H groups in total. The van der Waals surface area contributed by atoms with Gasteiger partial charge in [-0.3, -0.25) is 4.79 Å². The minimum absolute atomic E-state index is 0.131. The second-order valence-electron chi connectivity index (χ2n) is 6.25. The Kier molecular flexibility index (Phi) is 5.51. The molecule has 0 fully saturated rings. The van der Waals surface area contributed by atoms with E-state index >= 15 is 0 Å². The first-order valence-electron chi connectivity index (χ1n) is 8.50. The fraction of sp³-hybridized carbons (Fsp3) is 0.250. The Bertz CT molecular complexity index is 1080. The van der Waals surface area contributed by atoms with Crippen LogP contribution < -0.4 is 5.32 Å². The van der Waals surface area contributed by atoms with E-state index in [1.54, 1.807) is 6.92 Å². The number of para-hydroxylation sites is 1. The molecule has 0 atom stereocenters. The summed E-state index contributed by atoms with van der Waals surface area (Å²) in [5, 5.41) is 4.01. The normalized spacial score (nSPS) is 10.7. The third-order valence-corrected chi connectivity index (χ3v) is 5.68. The molecule has 2 heterocycles. The standard InChI is InChI=1S/C20H20N2O5S/c1-11-16(19(24)26-3)18(28-17(11)20(25)27-4)21-15(23)9-12-10-22(2)14-8-6-5-7-13(12)14/h5-8,10H,9H2,1-4H3,(H,21,23). The third-order valence-electron chi connectivity index (χ3n) is 4.49. The highest BCUT2D eigenvalue weighted by Crippen LogP contribution is 2.34. The number of fused-ring (bicyclic) bond motifs is 1. The Labute approximate surface area is 165 Å². The highest BCUT2D eigenvalue weighted by Gasteiger charge is 2.27. The molecule has 0 radical (unpaired) electrons. The van der Waals surface area contributed by atoms with Crippen LogP contribution >= 0.6 is 11.3 Å². The summed E-state index contributed by atoms with van der Waals surface area (Å²) in [5.74, 6) is -1.48. The van der Waals surface area contributed by atoms with Crippen molar-refractivity contribution >= 4 is 45.1 Å². The molecule has 0 unspecified atom stereocenters. The van der Waals surface area contributed by atoms with Gasteiger partial charge < -0.3 is 19.4 Å². The first kappa shape index (κ1) is 19.6. The zero-order chi connectivity index (χ0) is 20.4. The summed E-state index contributed by atoms with van der Waals surface area (Å²) in [6.45, 7) is 1.62. The quantitative estimate of drug-likeness (QED) is 0.664. The number of carbonyl (C=O) groups is 3. The second-order valence-corrected chi connectivity index (χ2v) is 7.27. The van der Waals surface area contributed by atoms with Crippen LogP contribution in [0.25, 0.3) is 10.9 Å².